The lowest BCUT2D eigenvalue weighted by atomic mass is 10.1. The lowest BCUT2D eigenvalue weighted by Crippen LogP contribution is -2.41. The van der Waals surface area contributed by atoms with Crippen molar-refractivity contribution in [3.8, 4) is 0 Å². The van der Waals surface area contributed by atoms with E-state index in [1.807, 2.05) is 11.9 Å². The summed E-state index contributed by atoms with van der Waals surface area (Å²) < 4.78 is 23.3. The molecule has 2 aliphatic carbocycles. The van der Waals surface area contributed by atoms with Gasteiger partial charge in [0, 0.05) is 19.3 Å². The highest BCUT2D eigenvalue weighted by Crippen LogP contribution is 2.36. The molecule has 5 nitrogen and oxygen atoms in total. The van der Waals surface area contributed by atoms with E-state index in [2.05, 4.69) is 4.99 Å². The van der Waals surface area contributed by atoms with Crippen molar-refractivity contribution in [3.05, 3.63) is 0 Å². The monoisotopic (exact) mass is 401 g/mol. The van der Waals surface area contributed by atoms with E-state index in [0.29, 0.717) is 18.5 Å². The number of rotatable bonds is 4. The first-order valence-corrected chi connectivity index (χ1v) is 8.47. The van der Waals surface area contributed by atoms with Crippen LogP contribution in [0.3, 0.4) is 0 Å². The molecule has 112 valence electrons. The Morgan fingerprint density at radius 2 is 1.89 bits per heavy atom. The van der Waals surface area contributed by atoms with Crippen LogP contribution in [0.5, 0.6) is 0 Å². The fourth-order valence-corrected chi connectivity index (χ4v) is 3.98. The minimum atomic E-state index is -3.07. The van der Waals surface area contributed by atoms with E-state index < -0.39 is 14.6 Å². The Labute approximate surface area is 133 Å². The predicted octanol–water partition coefficient (Wildman–Crippen LogP) is 1.37. The number of aliphatic imine (C=N–C) groups is 1. The topological polar surface area (TPSA) is 75.8 Å². The first-order chi connectivity index (χ1) is 8.36. The third kappa shape index (κ3) is 3.74. The molecule has 0 aromatic rings. The number of hydrogen-bond donors (Lipinski definition) is 1. The van der Waals surface area contributed by atoms with Gasteiger partial charge in [0.25, 0.3) is 0 Å². The molecule has 7 heteroatoms. The van der Waals surface area contributed by atoms with Crippen molar-refractivity contribution >= 4 is 39.8 Å². The molecule has 2 N–H and O–H groups in total. The summed E-state index contributed by atoms with van der Waals surface area (Å²) in [6.45, 7) is 0.314. The van der Waals surface area contributed by atoms with Gasteiger partial charge in [-0.15, -0.1) is 24.0 Å². The van der Waals surface area contributed by atoms with Gasteiger partial charge in [-0.25, -0.2) is 8.42 Å². The second-order valence-electron chi connectivity index (χ2n) is 5.68. The maximum absolute atomic E-state index is 12.0. The van der Waals surface area contributed by atoms with Gasteiger partial charge in [-0.1, -0.05) is 12.8 Å². The molecule has 2 fully saturated rings. The van der Waals surface area contributed by atoms with E-state index in [0.717, 1.165) is 38.5 Å². The summed E-state index contributed by atoms with van der Waals surface area (Å²) in [5.41, 5.74) is 5.92. The van der Waals surface area contributed by atoms with Crippen LogP contribution in [0.4, 0.5) is 0 Å². The fourth-order valence-electron chi connectivity index (χ4n) is 2.65. The smallest absolute Gasteiger partial charge is 0.191 e. The van der Waals surface area contributed by atoms with Gasteiger partial charge >= 0.3 is 0 Å². The van der Waals surface area contributed by atoms with Crippen molar-refractivity contribution < 1.29 is 8.42 Å². The summed E-state index contributed by atoms with van der Waals surface area (Å²) in [7, 11) is -1.14. The highest BCUT2D eigenvalue weighted by atomic mass is 127. The third-order valence-corrected chi connectivity index (χ3v) is 6.40. The zero-order chi connectivity index (χ0) is 13.4. The number of guanidine groups is 1. The maximum Gasteiger partial charge on any atom is 0.191 e. The lowest BCUT2D eigenvalue weighted by Gasteiger charge is -2.26. The van der Waals surface area contributed by atoms with Crippen LogP contribution in [0.2, 0.25) is 0 Å². The van der Waals surface area contributed by atoms with Crippen LogP contribution in [-0.4, -0.2) is 49.9 Å². The van der Waals surface area contributed by atoms with Crippen molar-refractivity contribution in [1.82, 2.24) is 4.90 Å². The molecule has 0 spiro atoms. The maximum atomic E-state index is 12.0. The van der Waals surface area contributed by atoms with Gasteiger partial charge in [-0.2, -0.15) is 0 Å². The van der Waals surface area contributed by atoms with Gasteiger partial charge in [-0.05, 0) is 25.7 Å². The summed E-state index contributed by atoms with van der Waals surface area (Å²) >= 11 is 0. The first kappa shape index (κ1) is 17.0. The Kier molecular flexibility index (Phi) is 5.51. The number of hydrogen-bond acceptors (Lipinski definition) is 3. The minimum Gasteiger partial charge on any atom is -0.370 e. The third-order valence-electron chi connectivity index (χ3n) is 4.29. The average Bonchev–Trinajstić information content (AvgIpc) is 3.02. The lowest BCUT2D eigenvalue weighted by molar-refractivity contribution is 0.479. The highest BCUT2D eigenvalue weighted by Gasteiger charge is 2.43. The largest absolute Gasteiger partial charge is 0.370 e. The van der Waals surface area contributed by atoms with Crippen molar-refractivity contribution in [2.45, 2.75) is 49.3 Å². The van der Waals surface area contributed by atoms with E-state index in [-0.39, 0.29) is 24.0 Å². The standard InChI is InChI=1S/C12H23N3O2S.HI/c1-15(10-5-6-10)11(13)14-9-12(18(2,16)17)7-3-4-8-12;/h10H,3-9H2,1-2H3,(H2,13,14);1H. The van der Waals surface area contributed by atoms with Crippen LogP contribution in [0.1, 0.15) is 38.5 Å². The van der Waals surface area contributed by atoms with Gasteiger partial charge in [-0.3, -0.25) is 4.99 Å². The van der Waals surface area contributed by atoms with Crippen LogP contribution in [-0.2, 0) is 9.84 Å². The molecule has 0 amide bonds. The molecule has 0 heterocycles. The molecule has 0 aromatic heterocycles. The number of sulfone groups is 1. The van der Waals surface area contributed by atoms with Crippen molar-refractivity contribution in [1.29, 1.82) is 0 Å². The quantitative estimate of drug-likeness (QED) is 0.439. The fraction of sp³-hybridized carbons (Fsp3) is 0.917. The van der Waals surface area contributed by atoms with Crippen LogP contribution < -0.4 is 5.73 Å². The summed E-state index contributed by atoms with van der Waals surface area (Å²) in [5.74, 6) is 0.479. The van der Waals surface area contributed by atoms with E-state index in [1.54, 1.807) is 0 Å². The molecule has 2 rings (SSSR count). The zero-order valence-corrected chi connectivity index (χ0v) is 14.8. The Hall–Kier alpha value is -0.0500. The SMILES string of the molecule is CN(C(N)=NCC1(S(C)(=O)=O)CCCC1)C1CC1.I. The molecule has 0 atom stereocenters. The Morgan fingerprint density at radius 3 is 2.32 bits per heavy atom. The van der Waals surface area contributed by atoms with E-state index in [9.17, 15) is 8.42 Å². The van der Waals surface area contributed by atoms with Crippen LogP contribution >= 0.6 is 24.0 Å². The van der Waals surface area contributed by atoms with Crippen molar-refractivity contribution in [3.63, 3.8) is 0 Å². The van der Waals surface area contributed by atoms with Gasteiger partial charge in [0.1, 0.15) is 0 Å². The Balaban J connectivity index is 0.00000180. The molecule has 0 aromatic carbocycles. The molecule has 2 saturated carbocycles. The van der Waals surface area contributed by atoms with Gasteiger partial charge in [0.15, 0.2) is 15.8 Å². The van der Waals surface area contributed by atoms with Crippen molar-refractivity contribution in [2.24, 2.45) is 10.7 Å². The minimum absolute atomic E-state index is 0. The Bertz CT molecular complexity index is 440. The van der Waals surface area contributed by atoms with Crippen molar-refractivity contribution in [2.75, 3.05) is 19.8 Å². The van der Waals surface area contributed by atoms with Crippen LogP contribution in [0, 0.1) is 0 Å². The van der Waals surface area contributed by atoms with E-state index in [1.165, 1.54) is 6.26 Å². The molecule has 0 bridgehead atoms. The van der Waals surface area contributed by atoms with Gasteiger partial charge in [0.2, 0.25) is 0 Å². The van der Waals surface area contributed by atoms with Gasteiger partial charge in [0.05, 0.1) is 11.3 Å². The number of halogens is 1. The zero-order valence-electron chi connectivity index (χ0n) is 11.6. The molecule has 2 aliphatic rings. The molecule has 0 aliphatic heterocycles. The first-order valence-electron chi connectivity index (χ1n) is 6.58. The van der Waals surface area contributed by atoms with E-state index in [4.69, 9.17) is 5.73 Å². The molecule has 0 saturated heterocycles. The number of nitrogens with two attached hydrogens (primary N) is 1. The second kappa shape index (κ2) is 6.15. The molecular formula is C12H24IN3O2S. The summed E-state index contributed by atoms with van der Waals surface area (Å²) in [6, 6.07) is 0.506. The average molecular weight is 401 g/mol. The molecule has 0 unspecified atom stereocenters. The summed E-state index contributed by atoms with van der Waals surface area (Å²) in [6.07, 6.45) is 7.02. The predicted molar refractivity (Wildman–Crippen MR) is 88.7 cm³/mol. The van der Waals surface area contributed by atoms with Gasteiger partial charge < -0.3 is 10.6 Å². The summed E-state index contributed by atoms with van der Waals surface area (Å²) in [5, 5.41) is 0. The molecule has 0 radical (unpaired) electrons. The van der Waals surface area contributed by atoms with Crippen LogP contribution in [0.15, 0.2) is 4.99 Å². The van der Waals surface area contributed by atoms with E-state index >= 15 is 0 Å². The Morgan fingerprint density at radius 1 is 1.37 bits per heavy atom. The molecular weight excluding hydrogens is 377 g/mol. The number of nitrogens with zero attached hydrogens (tertiary/aromatic N) is 2. The second-order valence-corrected chi connectivity index (χ2v) is 8.09. The highest BCUT2D eigenvalue weighted by molar-refractivity contribution is 14.0. The normalized spacial score (nSPS) is 22.9. The van der Waals surface area contributed by atoms with Crippen LogP contribution in [0.25, 0.3) is 0 Å². The molecule has 19 heavy (non-hydrogen) atoms. The summed E-state index contributed by atoms with van der Waals surface area (Å²) in [4.78, 5) is 6.31.